The number of oxazole rings is 1. The van der Waals surface area contributed by atoms with Crippen molar-refractivity contribution in [1.29, 1.82) is 0 Å². The van der Waals surface area contributed by atoms with Crippen molar-refractivity contribution in [3.63, 3.8) is 0 Å². The Hall–Kier alpha value is -1.75. The summed E-state index contributed by atoms with van der Waals surface area (Å²) in [6.45, 7) is 4.67. The second-order valence-electron chi connectivity index (χ2n) is 4.96. The average molecular weight is 294 g/mol. The Labute approximate surface area is 122 Å². The minimum Gasteiger partial charge on any atom is -0.423 e. The van der Waals surface area contributed by atoms with Gasteiger partial charge in [0.2, 0.25) is 5.91 Å². The van der Waals surface area contributed by atoms with Crippen molar-refractivity contribution in [2.24, 2.45) is 0 Å². The molecule has 1 saturated heterocycles. The molecule has 1 aromatic heterocycles. The quantitative estimate of drug-likeness (QED) is 0.811. The van der Waals surface area contributed by atoms with Crippen LogP contribution in [-0.4, -0.2) is 42.0 Å². The lowest BCUT2D eigenvalue weighted by molar-refractivity contribution is -0.128. The van der Waals surface area contributed by atoms with Gasteiger partial charge in [0, 0.05) is 38.1 Å². The summed E-state index contributed by atoms with van der Waals surface area (Å²) in [7, 11) is 0. The van der Waals surface area contributed by atoms with Crippen LogP contribution in [0.3, 0.4) is 0 Å². The van der Waals surface area contributed by atoms with Gasteiger partial charge in [-0.15, -0.1) is 0 Å². The van der Waals surface area contributed by atoms with E-state index in [1.165, 1.54) is 0 Å². The Balaban J connectivity index is 1.82. The van der Waals surface area contributed by atoms with Crippen LogP contribution in [0.2, 0.25) is 5.02 Å². The molecular weight excluding hydrogens is 278 g/mol. The number of carbonyl (C=O) groups is 1. The molecule has 0 bridgehead atoms. The summed E-state index contributed by atoms with van der Waals surface area (Å²) in [6, 6.07) is 6.02. The van der Waals surface area contributed by atoms with E-state index in [-0.39, 0.29) is 5.91 Å². The molecule has 0 N–H and O–H groups in total. The predicted molar refractivity (Wildman–Crippen MR) is 78.1 cm³/mol. The summed E-state index contributed by atoms with van der Waals surface area (Å²) < 4.78 is 5.77. The molecule has 0 saturated carbocycles. The van der Waals surface area contributed by atoms with Gasteiger partial charge < -0.3 is 14.2 Å². The van der Waals surface area contributed by atoms with E-state index in [9.17, 15) is 4.79 Å². The van der Waals surface area contributed by atoms with Crippen molar-refractivity contribution in [3.8, 4) is 0 Å². The molecule has 106 valence electrons. The Kier molecular flexibility index (Phi) is 3.53. The second-order valence-corrected chi connectivity index (χ2v) is 5.39. The molecule has 0 atom stereocenters. The van der Waals surface area contributed by atoms with Crippen molar-refractivity contribution >= 4 is 34.6 Å². The zero-order valence-electron chi connectivity index (χ0n) is 11.3. The van der Waals surface area contributed by atoms with Gasteiger partial charge in [-0.2, -0.15) is 4.98 Å². The predicted octanol–water partition coefficient (Wildman–Crippen LogP) is 2.54. The van der Waals surface area contributed by atoms with Crippen LogP contribution in [0.5, 0.6) is 0 Å². The number of halogens is 1. The van der Waals surface area contributed by atoms with Crippen molar-refractivity contribution in [2.45, 2.75) is 13.3 Å². The minimum atomic E-state index is 0.121. The van der Waals surface area contributed by atoms with Crippen molar-refractivity contribution in [1.82, 2.24) is 9.88 Å². The molecule has 1 aliphatic heterocycles. The molecule has 6 heteroatoms. The maximum absolute atomic E-state index is 11.4. The lowest BCUT2D eigenvalue weighted by Crippen LogP contribution is -2.33. The molecule has 1 aromatic carbocycles. The van der Waals surface area contributed by atoms with Gasteiger partial charge in [-0.3, -0.25) is 4.79 Å². The molecule has 5 nitrogen and oxygen atoms in total. The first kappa shape index (κ1) is 13.2. The van der Waals surface area contributed by atoms with Gasteiger partial charge in [0.15, 0.2) is 5.58 Å². The summed E-state index contributed by atoms with van der Waals surface area (Å²) in [5.41, 5.74) is 1.50. The van der Waals surface area contributed by atoms with Gasteiger partial charge in [0.05, 0.1) is 0 Å². The highest BCUT2D eigenvalue weighted by molar-refractivity contribution is 6.31. The Morgan fingerprint density at radius 1 is 1.30 bits per heavy atom. The molecule has 0 radical (unpaired) electrons. The van der Waals surface area contributed by atoms with Crippen LogP contribution < -0.4 is 4.90 Å². The first-order valence-corrected chi connectivity index (χ1v) is 7.08. The lowest BCUT2D eigenvalue weighted by atomic mass is 10.3. The molecular formula is C14H16ClN3O2. The van der Waals surface area contributed by atoms with Gasteiger partial charge in [-0.05, 0) is 24.6 Å². The number of aromatic nitrogens is 1. The minimum absolute atomic E-state index is 0.121. The summed E-state index contributed by atoms with van der Waals surface area (Å²) in [5.74, 6) is 0.121. The van der Waals surface area contributed by atoms with Crippen LogP contribution in [0.4, 0.5) is 6.01 Å². The highest BCUT2D eigenvalue weighted by Crippen LogP contribution is 2.25. The molecule has 1 aliphatic rings. The topological polar surface area (TPSA) is 49.6 Å². The fourth-order valence-corrected chi connectivity index (χ4v) is 2.61. The fourth-order valence-electron chi connectivity index (χ4n) is 2.45. The van der Waals surface area contributed by atoms with E-state index >= 15 is 0 Å². The van der Waals surface area contributed by atoms with Crippen molar-refractivity contribution in [2.75, 3.05) is 31.1 Å². The molecule has 2 aromatic rings. The maximum atomic E-state index is 11.4. The van der Waals surface area contributed by atoms with E-state index in [4.69, 9.17) is 16.0 Å². The summed E-state index contributed by atoms with van der Waals surface area (Å²) in [5, 5.41) is 0.649. The third-order valence-corrected chi connectivity index (χ3v) is 3.79. The van der Waals surface area contributed by atoms with Crippen molar-refractivity contribution in [3.05, 3.63) is 23.2 Å². The number of hydrogen-bond acceptors (Lipinski definition) is 4. The van der Waals surface area contributed by atoms with Crippen LogP contribution in [0, 0.1) is 0 Å². The van der Waals surface area contributed by atoms with E-state index in [0.717, 1.165) is 37.2 Å². The number of fused-ring (bicyclic) bond motifs is 1. The zero-order chi connectivity index (χ0) is 14.1. The number of hydrogen-bond donors (Lipinski definition) is 0. The number of nitrogens with zero attached hydrogens (tertiary/aromatic N) is 3. The highest BCUT2D eigenvalue weighted by atomic mass is 35.5. The average Bonchev–Trinajstić information content (AvgIpc) is 2.67. The first-order valence-electron chi connectivity index (χ1n) is 6.70. The Bertz CT molecular complexity index is 640. The summed E-state index contributed by atoms with van der Waals surface area (Å²) >= 11 is 5.95. The van der Waals surface area contributed by atoms with E-state index in [2.05, 4.69) is 9.88 Å². The van der Waals surface area contributed by atoms with Crippen LogP contribution >= 0.6 is 11.6 Å². The van der Waals surface area contributed by atoms with E-state index in [1.807, 2.05) is 11.0 Å². The number of rotatable bonds is 1. The molecule has 0 unspecified atom stereocenters. The zero-order valence-corrected chi connectivity index (χ0v) is 12.1. The maximum Gasteiger partial charge on any atom is 0.298 e. The Morgan fingerprint density at radius 3 is 2.95 bits per heavy atom. The van der Waals surface area contributed by atoms with Crippen LogP contribution in [0.15, 0.2) is 22.6 Å². The standard InChI is InChI=1S/C14H16ClN3O2/c1-10(19)17-5-2-6-18(8-7-17)14-16-12-9-11(15)3-4-13(12)20-14/h3-4,9H,2,5-8H2,1H3. The van der Waals surface area contributed by atoms with E-state index < -0.39 is 0 Å². The number of carbonyl (C=O) groups excluding carboxylic acids is 1. The first-order chi connectivity index (χ1) is 9.63. The van der Waals surface area contributed by atoms with Crippen molar-refractivity contribution < 1.29 is 9.21 Å². The monoisotopic (exact) mass is 293 g/mol. The van der Waals surface area contributed by atoms with E-state index in [0.29, 0.717) is 17.6 Å². The molecule has 20 heavy (non-hydrogen) atoms. The SMILES string of the molecule is CC(=O)N1CCCN(c2nc3cc(Cl)ccc3o2)CC1. The number of amides is 1. The van der Waals surface area contributed by atoms with Gasteiger partial charge in [-0.25, -0.2) is 0 Å². The van der Waals surface area contributed by atoms with Crippen LogP contribution in [0.1, 0.15) is 13.3 Å². The largest absolute Gasteiger partial charge is 0.423 e. The molecule has 0 spiro atoms. The van der Waals surface area contributed by atoms with Crippen LogP contribution in [0.25, 0.3) is 11.1 Å². The number of benzene rings is 1. The Morgan fingerprint density at radius 2 is 2.15 bits per heavy atom. The number of anilines is 1. The van der Waals surface area contributed by atoms with Gasteiger partial charge in [0.1, 0.15) is 5.52 Å². The van der Waals surface area contributed by atoms with Gasteiger partial charge in [0.25, 0.3) is 6.01 Å². The normalized spacial score (nSPS) is 16.5. The second kappa shape index (κ2) is 5.32. The van der Waals surface area contributed by atoms with E-state index in [1.54, 1.807) is 19.1 Å². The molecule has 1 amide bonds. The van der Waals surface area contributed by atoms with Crippen LogP contribution in [-0.2, 0) is 4.79 Å². The fraction of sp³-hybridized carbons (Fsp3) is 0.429. The third-order valence-electron chi connectivity index (χ3n) is 3.55. The summed E-state index contributed by atoms with van der Waals surface area (Å²) in [4.78, 5) is 19.8. The lowest BCUT2D eigenvalue weighted by Gasteiger charge is -2.19. The molecule has 3 rings (SSSR count). The van der Waals surface area contributed by atoms with Gasteiger partial charge >= 0.3 is 0 Å². The summed E-state index contributed by atoms with van der Waals surface area (Å²) in [6.07, 6.45) is 0.916. The smallest absolute Gasteiger partial charge is 0.298 e. The molecule has 2 heterocycles. The molecule has 1 fully saturated rings. The van der Waals surface area contributed by atoms with Gasteiger partial charge in [-0.1, -0.05) is 11.6 Å². The molecule has 0 aliphatic carbocycles. The highest BCUT2D eigenvalue weighted by Gasteiger charge is 2.20. The third kappa shape index (κ3) is 2.58.